The van der Waals surface area contributed by atoms with Gasteiger partial charge in [-0.2, -0.15) is 4.98 Å². The average Bonchev–Trinajstić information content (AvgIpc) is 3.04. The van der Waals surface area contributed by atoms with Crippen LogP contribution in [0.15, 0.2) is 48.9 Å². The molecule has 3 rings (SSSR count). The summed E-state index contributed by atoms with van der Waals surface area (Å²) in [5.41, 5.74) is 13.2. The average molecular weight is 329 g/mol. The van der Waals surface area contributed by atoms with Gasteiger partial charge in [-0.25, -0.2) is 4.98 Å². The fraction of sp³-hybridized carbons (Fsp3) is 0.308. The Hall–Kier alpha value is -2.62. The van der Waals surface area contributed by atoms with E-state index in [4.69, 9.17) is 11.5 Å². The zero-order chi connectivity index (χ0) is 16.4. The molecule has 0 bridgehead atoms. The molecule has 10 heteroatoms. The van der Waals surface area contributed by atoms with E-state index in [0.717, 1.165) is 15.4 Å². The van der Waals surface area contributed by atoms with Crippen molar-refractivity contribution < 1.29 is 0 Å². The fourth-order valence-electron chi connectivity index (χ4n) is 2.01. The molecule has 0 aliphatic carbocycles. The van der Waals surface area contributed by atoms with Crippen molar-refractivity contribution in [3.63, 3.8) is 0 Å². The zero-order valence-corrected chi connectivity index (χ0v) is 13.4. The van der Waals surface area contributed by atoms with E-state index in [9.17, 15) is 0 Å². The normalized spacial score (nSPS) is 14.0. The molecule has 0 radical (unpaired) electrons. The lowest BCUT2D eigenvalue weighted by atomic mass is 10.1. The van der Waals surface area contributed by atoms with Crippen LogP contribution in [0.3, 0.4) is 0 Å². The molecule has 4 N–H and O–H groups in total. The standard InChI is InChI=1S/C13H15N9S/c1-6(2)7-4-16-8(12-19-21-22-20-12)3-9(7)23-10-5-17-13(15)18-11(10)14/h3-6,12H,1-2H3,(H4,14,15,17,18). The van der Waals surface area contributed by atoms with Gasteiger partial charge in [-0.1, -0.05) is 25.6 Å². The van der Waals surface area contributed by atoms with Crippen LogP contribution in [0.1, 0.15) is 37.2 Å². The Morgan fingerprint density at radius 1 is 1.04 bits per heavy atom. The number of aromatic nitrogens is 3. The summed E-state index contributed by atoms with van der Waals surface area (Å²) >= 11 is 1.46. The van der Waals surface area contributed by atoms with Gasteiger partial charge in [0.15, 0.2) is 0 Å². The third kappa shape index (κ3) is 3.26. The molecule has 23 heavy (non-hydrogen) atoms. The molecule has 0 fully saturated rings. The predicted molar refractivity (Wildman–Crippen MR) is 85.8 cm³/mol. The molecule has 3 heterocycles. The smallest absolute Gasteiger partial charge is 0.227 e. The van der Waals surface area contributed by atoms with E-state index in [1.54, 1.807) is 6.20 Å². The molecule has 0 unspecified atom stereocenters. The van der Waals surface area contributed by atoms with E-state index in [2.05, 4.69) is 49.5 Å². The quantitative estimate of drug-likeness (QED) is 0.882. The number of hydrogen-bond donors (Lipinski definition) is 2. The fourth-order valence-corrected chi connectivity index (χ4v) is 3.09. The Morgan fingerprint density at radius 2 is 1.78 bits per heavy atom. The van der Waals surface area contributed by atoms with Gasteiger partial charge >= 0.3 is 0 Å². The summed E-state index contributed by atoms with van der Waals surface area (Å²) in [6, 6.07) is 1.92. The SMILES string of the molecule is CC(C)c1cnc(C2N=NN=N2)cc1Sc1cnc(N)nc1N. The van der Waals surface area contributed by atoms with Crippen LogP contribution in [0.2, 0.25) is 0 Å². The van der Waals surface area contributed by atoms with Gasteiger partial charge in [0.1, 0.15) is 5.82 Å². The highest BCUT2D eigenvalue weighted by atomic mass is 32.2. The molecule has 2 aromatic rings. The van der Waals surface area contributed by atoms with Crippen molar-refractivity contribution in [3.05, 3.63) is 29.7 Å². The van der Waals surface area contributed by atoms with E-state index < -0.39 is 6.17 Å². The van der Waals surface area contributed by atoms with Gasteiger partial charge in [0.2, 0.25) is 12.1 Å². The summed E-state index contributed by atoms with van der Waals surface area (Å²) < 4.78 is 0. The number of pyridine rings is 1. The predicted octanol–water partition coefficient (Wildman–Crippen LogP) is 3.14. The molecule has 0 amide bonds. The lowest BCUT2D eigenvalue weighted by molar-refractivity contribution is 0.721. The van der Waals surface area contributed by atoms with Gasteiger partial charge < -0.3 is 11.5 Å². The Balaban J connectivity index is 1.99. The summed E-state index contributed by atoms with van der Waals surface area (Å²) in [5.74, 6) is 0.788. The van der Waals surface area contributed by atoms with Crippen molar-refractivity contribution in [2.45, 2.75) is 35.7 Å². The number of rotatable bonds is 4. The second kappa shape index (κ2) is 6.24. The minimum absolute atomic E-state index is 0.151. The van der Waals surface area contributed by atoms with Crippen LogP contribution in [0, 0.1) is 0 Å². The highest BCUT2D eigenvalue weighted by Crippen LogP contribution is 2.37. The van der Waals surface area contributed by atoms with E-state index in [-0.39, 0.29) is 5.95 Å². The minimum atomic E-state index is -0.490. The lowest BCUT2D eigenvalue weighted by Gasteiger charge is -2.14. The molecule has 1 aliphatic rings. The van der Waals surface area contributed by atoms with Crippen LogP contribution in [-0.4, -0.2) is 15.0 Å². The van der Waals surface area contributed by atoms with Crippen LogP contribution in [0.25, 0.3) is 0 Å². The lowest BCUT2D eigenvalue weighted by Crippen LogP contribution is -2.02. The van der Waals surface area contributed by atoms with Gasteiger partial charge in [-0.3, -0.25) is 4.98 Å². The van der Waals surface area contributed by atoms with Gasteiger partial charge in [-0.15, -0.1) is 10.2 Å². The molecule has 0 saturated heterocycles. The maximum atomic E-state index is 5.92. The Kier molecular flexibility index (Phi) is 4.15. The first-order chi connectivity index (χ1) is 11.0. The van der Waals surface area contributed by atoms with Crippen molar-refractivity contribution in [3.8, 4) is 0 Å². The van der Waals surface area contributed by atoms with Gasteiger partial charge in [-0.05, 0) is 28.0 Å². The molecule has 9 nitrogen and oxygen atoms in total. The first-order valence-corrected chi connectivity index (χ1v) is 7.72. The summed E-state index contributed by atoms with van der Waals surface area (Å²) in [4.78, 5) is 14.1. The van der Waals surface area contributed by atoms with Crippen molar-refractivity contribution in [2.75, 3.05) is 11.5 Å². The van der Waals surface area contributed by atoms with E-state index in [0.29, 0.717) is 17.4 Å². The van der Waals surface area contributed by atoms with E-state index in [1.807, 2.05) is 12.3 Å². The number of nitrogens with zero attached hydrogens (tertiary/aromatic N) is 7. The summed E-state index contributed by atoms with van der Waals surface area (Å²) in [7, 11) is 0. The highest BCUT2D eigenvalue weighted by molar-refractivity contribution is 7.99. The Bertz CT molecular complexity index is 775. The van der Waals surface area contributed by atoms with E-state index >= 15 is 0 Å². The van der Waals surface area contributed by atoms with Crippen LogP contribution < -0.4 is 11.5 Å². The molecule has 1 aliphatic heterocycles. The molecule has 0 atom stereocenters. The molecule has 0 saturated carbocycles. The van der Waals surface area contributed by atoms with Gasteiger partial charge in [0.25, 0.3) is 0 Å². The van der Waals surface area contributed by atoms with Gasteiger partial charge in [0, 0.05) is 17.3 Å². The van der Waals surface area contributed by atoms with Gasteiger partial charge in [0.05, 0.1) is 10.6 Å². The number of nitrogens with two attached hydrogens (primary N) is 2. The first-order valence-electron chi connectivity index (χ1n) is 6.90. The van der Waals surface area contributed by atoms with Crippen LogP contribution in [-0.2, 0) is 0 Å². The molecular formula is C13H15N9S. The molecular weight excluding hydrogens is 314 g/mol. The van der Waals surface area contributed by atoms with Crippen molar-refractivity contribution in [1.29, 1.82) is 0 Å². The Labute approximate surface area is 136 Å². The minimum Gasteiger partial charge on any atom is -0.383 e. The number of anilines is 2. The summed E-state index contributed by atoms with van der Waals surface area (Å²) in [5, 5.41) is 14.9. The highest BCUT2D eigenvalue weighted by Gasteiger charge is 2.19. The molecule has 118 valence electrons. The summed E-state index contributed by atoms with van der Waals surface area (Å²) in [6.07, 6.45) is 2.94. The summed E-state index contributed by atoms with van der Waals surface area (Å²) in [6.45, 7) is 4.19. The monoisotopic (exact) mass is 329 g/mol. The number of hydrogen-bond acceptors (Lipinski definition) is 10. The third-order valence-electron chi connectivity index (χ3n) is 3.19. The maximum absolute atomic E-state index is 5.92. The largest absolute Gasteiger partial charge is 0.383 e. The maximum Gasteiger partial charge on any atom is 0.227 e. The van der Waals surface area contributed by atoms with Crippen LogP contribution in [0.4, 0.5) is 11.8 Å². The second-order valence-corrected chi connectivity index (χ2v) is 6.25. The third-order valence-corrected chi connectivity index (χ3v) is 4.29. The Morgan fingerprint density at radius 3 is 2.43 bits per heavy atom. The van der Waals surface area contributed by atoms with Crippen molar-refractivity contribution >= 4 is 23.5 Å². The van der Waals surface area contributed by atoms with Crippen LogP contribution in [0.5, 0.6) is 0 Å². The molecule has 0 spiro atoms. The zero-order valence-electron chi connectivity index (χ0n) is 12.6. The second-order valence-electron chi connectivity index (χ2n) is 5.16. The van der Waals surface area contributed by atoms with E-state index in [1.165, 1.54) is 11.8 Å². The topological polar surface area (TPSA) is 140 Å². The first kappa shape index (κ1) is 15.3. The molecule has 2 aromatic heterocycles. The van der Waals surface area contributed by atoms with Crippen molar-refractivity contribution in [2.24, 2.45) is 20.7 Å². The number of nitrogen functional groups attached to an aromatic ring is 2. The molecule has 0 aromatic carbocycles. The van der Waals surface area contributed by atoms with Crippen LogP contribution >= 0.6 is 11.8 Å². The van der Waals surface area contributed by atoms with Crippen molar-refractivity contribution in [1.82, 2.24) is 15.0 Å².